The smallest absolute Gasteiger partial charge is 0.240 e. The summed E-state index contributed by atoms with van der Waals surface area (Å²) in [5.41, 5.74) is 2.40. The molecule has 0 saturated carbocycles. The van der Waals surface area contributed by atoms with E-state index in [1.807, 2.05) is 45.0 Å². The Kier molecular flexibility index (Phi) is 7.24. The minimum absolute atomic E-state index is 0.108. The Labute approximate surface area is 161 Å². The number of benzene rings is 2. The first kappa shape index (κ1) is 21.2. The number of methoxy groups -OCH3 is 2. The lowest BCUT2D eigenvalue weighted by Crippen LogP contribution is -2.29. The van der Waals surface area contributed by atoms with Gasteiger partial charge in [0.25, 0.3) is 0 Å². The third-order valence-electron chi connectivity index (χ3n) is 4.24. The van der Waals surface area contributed by atoms with Crippen LogP contribution in [0.4, 0.5) is 0 Å². The van der Waals surface area contributed by atoms with E-state index < -0.39 is 16.1 Å². The second-order valence-electron chi connectivity index (χ2n) is 6.17. The first-order valence-electron chi connectivity index (χ1n) is 8.72. The van der Waals surface area contributed by atoms with Crippen LogP contribution < -0.4 is 14.2 Å². The van der Waals surface area contributed by atoms with Gasteiger partial charge < -0.3 is 14.2 Å². The van der Waals surface area contributed by atoms with Crippen molar-refractivity contribution in [2.24, 2.45) is 0 Å². The molecule has 0 aliphatic rings. The SMILES string of the molecule is CCOc1c(C)cc(S(=O)(=O)NCC(OC)c2cccc(OC)c2)cc1C. The Morgan fingerprint density at radius 1 is 1.07 bits per heavy atom. The molecule has 1 unspecified atom stereocenters. The molecule has 0 radical (unpaired) electrons. The van der Waals surface area contributed by atoms with Gasteiger partial charge in [0, 0.05) is 13.7 Å². The summed E-state index contributed by atoms with van der Waals surface area (Å²) < 4.78 is 44.4. The standard InChI is InChI=1S/C20H27NO5S/c1-6-26-20-14(2)10-18(11-15(20)3)27(22,23)21-13-19(25-5)16-8-7-9-17(12-16)24-4/h7-12,19,21H,6,13H2,1-5H3. The van der Waals surface area contributed by atoms with Crippen LogP contribution in [0.15, 0.2) is 41.3 Å². The molecule has 0 fully saturated rings. The highest BCUT2D eigenvalue weighted by molar-refractivity contribution is 7.89. The molecule has 1 atom stereocenters. The summed E-state index contributed by atoms with van der Waals surface area (Å²) in [6.07, 6.45) is -0.431. The second-order valence-corrected chi connectivity index (χ2v) is 7.94. The minimum atomic E-state index is -3.68. The van der Waals surface area contributed by atoms with Crippen molar-refractivity contribution in [2.75, 3.05) is 27.4 Å². The van der Waals surface area contributed by atoms with Crippen molar-refractivity contribution in [3.05, 3.63) is 53.1 Å². The van der Waals surface area contributed by atoms with E-state index in [1.165, 1.54) is 0 Å². The maximum atomic E-state index is 12.7. The Bertz CT molecular complexity index is 857. The van der Waals surface area contributed by atoms with Gasteiger partial charge >= 0.3 is 0 Å². The molecule has 0 aliphatic heterocycles. The van der Waals surface area contributed by atoms with Gasteiger partial charge in [0.1, 0.15) is 11.5 Å². The van der Waals surface area contributed by atoms with Gasteiger partial charge in [-0.15, -0.1) is 0 Å². The normalized spacial score (nSPS) is 12.6. The molecule has 0 saturated heterocycles. The van der Waals surface area contributed by atoms with E-state index >= 15 is 0 Å². The van der Waals surface area contributed by atoms with Crippen molar-refractivity contribution in [3.63, 3.8) is 0 Å². The molecule has 0 heterocycles. The van der Waals surface area contributed by atoms with E-state index in [0.29, 0.717) is 12.4 Å². The van der Waals surface area contributed by atoms with Crippen molar-refractivity contribution < 1.29 is 22.6 Å². The van der Waals surface area contributed by atoms with E-state index in [-0.39, 0.29) is 11.4 Å². The highest BCUT2D eigenvalue weighted by atomic mass is 32.2. The molecular weight excluding hydrogens is 366 g/mol. The quantitative estimate of drug-likeness (QED) is 0.707. The van der Waals surface area contributed by atoms with Crippen LogP contribution in [0, 0.1) is 13.8 Å². The predicted molar refractivity (Wildman–Crippen MR) is 105 cm³/mol. The predicted octanol–water partition coefficient (Wildman–Crippen LogP) is 3.38. The molecule has 27 heavy (non-hydrogen) atoms. The van der Waals surface area contributed by atoms with Crippen LogP contribution >= 0.6 is 0 Å². The van der Waals surface area contributed by atoms with Gasteiger partial charge in [-0.05, 0) is 61.7 Å². The summed E-state index contributed by atoms with van der Waals surface area (Å²) >= 11 is 0. The Morgan fingerprint density at radius 2 is 1.74 bits per heavy atom. The molecule has 0 amide bonds. The molecule has 0 aliphatic carbocycles. The van der Waals surface area contributed by atoms with Crippen LogP contribution in [0.1, 0.15) is 29.7 Å². The fourth-order valence-electron chi connectivity index (χ4n) is 2.89. The van der Waals surface area contributed by atoms with Crippen LogP contribution in [0.3, 0.4) is 0 Å². The summed E-state index contributed by atoms with van der Waals surface area (Å²) in [7, 11) is -0.554. The molecule has 148 valence electrons. The third kappa shape index (κ3) is 5.22. The van der Waals surface area contributed by atoms with Crippen molar-refractivity contribution in [1.82, 2.24) is 4.72 Å². The zero-order valence-corrected chi connectivity index (χ0v) is 17.2. The lowest BCUT2D eigenvalue weighted by molar-refractivity contribution is 0.107. The van der Waals surface area contributed by atoms with Gasteiger partial charge in [0.2, 0.25) is 10.0 Å². The number of hydrogen-bond acceptors (Lipinski definition) is 5. The Hall–Kier alpha value is -2.09. The molecule has 1 N–H and O–H groups in total. The number of aryl methyl sites for hydroxylation is 2. The van der Waals surface area contributed by atoms with Gasteiger partial charge in [-0.1, -0.05) is 12.1 Å². The maximum absolute atomic E-state index is 12.7. The maximum Gasteiger partial charge on any atom is 0.240 e. The van der Waals surface area contributed by atoms with Crippen molar-refractivity contribution in [1.29, 1.82) is 0 Å². The molecule has 7 heteroatoms. The zero-order valence-electron chi connectivity index (χ0n) is 16.4. The second kappa shape index (κ2) is 9.21. The van der Waals surface area contributed by atoms with Gasteiger partial charge in [-0.25, -0.2) is 13.1 Å². The van der Waals surface area contributed by atoms with Gasteiger partial charge in [0.15, 0.2) is 0 Å². The van der Waals surface area contributed by atoms with Gasteiger partial charge in [-0.3, -0.25) is 0 Å². The fraction of sp³-hybridized carbons (Fsp3) is 0.400. The lowest BCUT2D eigenvalue weighted by Gasteiger charge is -2.18. The van der Waals surface area contributed by atoms with E-state index in [0.717, 1.165) is 22.4 Å². The number of hydrogen-bond donors (Lipinski definition) is 1. The average molecular weight is 394 g/mol. The minimum Gasteiger partial charge on any atom is -0.497 e. The molecule has 2 rings (SSSR count). The largest absolute Gasteiger partial charge is 0.497 e. The molecule has 0 spiro atoms. The number of ether oxygens (including phenoxy) is 3. The van der Waals surface area contributed by atoms with Crippen LogP contribution in [-0.2, 0) is 14.8 Å². The molecule has 2 aromatic rings. The van der Waals surface area contributed by atoms with Crippen LogP contribution in [-0.4, -0.2) is 35.8 Å². The summed E-state index contributed by atoms with van der Waals surface area (Å²) in [6, 6.07) is 10.6. The topological polar surface area (TPSA) is 73.9 Å². The molecule has 0 bridgehead atoms. The Morgan fingerprint density at radius 3 is 2.30 bits per heavy atom. The lowest BCUT2D eigenvalue weighted by atomic mass is 10.1. The molecule has 6 nitrogen and oxygen atoms in total. The van der Waals surface area contributed by atoms with Crippen molar-refractivity contribution in [3.8, 4) is 11.5 Å². The first-order chi connectivity index (χ1) is 12.8. The average Bonchev–Trinajstić information content (AvgIpc) is 2.65. The zero-order chi connectivity index (χ0) is 20.0. The first-order valence-corrected chi connectivity index (χ1v) is 10.2. The van der Waals surface area contributed by atoms with E-state index in [9.17, 15) is 8.42 Å². The molecule has 2 aromatic carbocycles. The van der Waals surface area contributed by atoms with Crippen LogP contribution in [0.2, 0.25) is 0 Å². The van der Waals surface area contributed by atoms with Gasteiger partial charge in [-0.2, -0.15) is 0 Å². The number of nitrogens with one attached hydrogen (secondary N) is 1. The highest BCUT2D eigenvalue weighted by Gasteiger charge is 2.20. The third-order valence-corrected chi connectivity index (χ3v) is 5.64. The fourth-order valence-corrected chi connectivity index (χ4v) is 4.09. The number of sulfonamides is 1. The summed E-state index contributed by atoms with van der Waals surface area (Å²) in [5.74, 6) is 1.41. The molecule has 0 aromatic heterocycles. The van der Waals surface area contributed by atoms with Crippen LogP contribution in [0.25, 0.3) is 0 Å². The van der Waals surface area contributed by atoms with Crippen LogP contribution in [0.5, 0.6) is 11.5 Å². The van der Waals surface area contributed by atoms with E-state index in [1.54, 1.807) is 26.4 Å². The summed E-state index contributed by atoms with van der Waals surface area (Å²) in [5, 5.41) is 0. The number of rotatable bonds is 9. The Balaban J connectivity index is 2.20. The summed E-state index contributed by atoms with van der Waals surface area (Å²) in [6.45, 7) is 6.21. The summed E-state index contributed by atoms with van der Waals surface area (Å²) in [4.78, 5) is 0.210. The van der Waals surface area contributed by atoms with E-state index in [4.69, 9.17) is 14.2 Å². The van der Waals surface area contributed by atoms with Crippen molar-refractivity contribution in [2.45, 2.75) is 31.8 Å². The van der Waals surface area contributed by atoms with E-state index in [2.05, 4.69) is 4.72 Å². The van der Waals surface area contributed by atoms with Crippen molar-refractivity contribution >= 4 is 10.0 Å². The molecular formula is C20H27NO5S. The monoisotopic (exact) mass is 393 g/mol. The van der Waals surface area contributed by atoms with Gasteiger partial charge in [0.05, 0.1) is 24.7 Å². The highest BCUT2D eigenvalue weighted by Crippen LogP contribution is 2.27.